The van der Waals surface area contributed by atoms with Crippen molar-refractivity contribution in [1.29, 1.82) is 0 Å². The molecule has 0 aliphatic carbocycles. The Bertz CT molecular complexity index is 539. The maximum atomic E-state index is 5.57. The summed E-state index contributed by atoms with van der Waals surface area (Å²) >= 11 is 1.83. The van der Waals surface area contributed by atoms with Crippen molar-refractivity contribution in [3.05, 3.63) is 29.8 Å². The summed E-state index contributed by atoms with van der Waals surface area (Å²) in [6.07, 6.45) is 0.999. The number of pyridine rings is 1. The van der Waals surface area contributed by atoms with Gasteiger partial charge in [-0.15, -0.1) is 11.8 Å². The van der Waals surface area contributed by atoms with Crippen LogP contribution in [0.2, 0.25) is 0 Å². The molecule has 1 aromatic carbocycles. The van der Waals surface area contributed by atoms with Crippen LogP contribution in [-0.4, -0.2) is 17.3 Å². The maximum Gasteiger partial charge on any atom is 0.214 e. The van der Waals surface area contributed by atoms with Crippen LogP contribution in [0.4, 0.5) is 0 Å². The Balaban J connectivity index is 2.63. The van der Waals surface area contributed by atoms with Crippen molar-refractivity contribution in [1.82, 2.24) is 4.98 Å². The van der Waals surface area contributed by atoms with E-state index >= 15 is 0 Å². The summed E-state index contributed by atoms with van der Waals surface area (Å²) in [4.78, 5) is 5.89. The second kappa shape index (κ2) is 6.10. The first-order chi connectivity index (χ1) is 8.80. The minimum Gasteiger partial charge on any atom is -0.478 e. The van der Waals surface area contributed by atoms with Crippen LogP contribution in [0.5, 0.6) is 5.88 Å². The molecule has 2 nitrogen and oxygen atoms in total. The number of benzene rings is 1. The average Bonchev–Trinajstić information content (AvgIpc) is 2.39. The number of rotatable bonds is 5. The summed E-state index contributed by atoms with van der Waals surface area (Å²) in [5, 5.41) is 1.25. The molecule has 96 valence electrons. The van der Waals surface area contributed by atoms with Gasteiger partial charge in [-0.2, -0.15) is 0 Å². The number of hydrogen-bond acceptors (Lipinski definition) is 3. The van der Waals surface area contributed by atoms with E-state index in [9.17, 15) is 0 Å². The Morgan fingerprint density at radius 1 is 1.22 bits per heavy atom. The van der Waals surface area contributed by atoms with E-state index in [-0.39, 0.29) is 0 Å². The summed E-state index contributed by atoms with van der Waals surface area (Å²) in [7, 11) is 0. The number of nitrogens with zero attached hydrogens (tertiary/aromatic N) is 1. The zero-order valence-corrected chi connectivity index (χ0v) is 12.0. The molecule has 3 heteroatoms. The van der Waals surface area contributed by atoms with Gasteiger partial charge >= 0.3 is 0 Å². The van der Waals surface area contributed by atoms with Gasteiger partial charge in [-0.25, -0.2) is 4.98 Å². The van der Waals surface area contributed by atoms with Crippen molar-refractivity contribution in [2.75, 3.05) is 12.4 Å². The Morgan fingerprint density at radius 3 is 2.72 bits per heavy atom. The molecule has 0 bridgehead atoms. The molecule has 0 aliphatic heterocycles. The van der Waals surface area contributed by atoms with Crippen molar-refractivity contribution in [3.8, 4) is 5.88 Å². The van der Waals surface area contributed by atoms with E-state index in [0.29, 0.717) is 6.61 Å². The van der Waals surface area contributed by atoms with Crippen LogP contribution in [0.3, 0.4) is 0 Å². The summed E-state index contributed by atoms with van der Waals surface area (Å²) in [5.41, 5.74) is 2.38. The van der Waals surface area contributed by atoms with E-state index in [1.807, 2.05) is 18.7 Å². The predicted molar refractivity (Wildman–Crippen MR) is 78.7 cm³/mol. The number of para-hydroxylation sites is 1. The summed E-state index contributed by atoms with van der Waals surface area (Å²) in [5.74, 6) is 1.80. The molecule has 0 unspecified atom stereocenters. The normalized spacial score (nSPS) is 10.8. The van der Waals surface area contributed by atoms with Crippen LogP contribution >= 0.6 is 11.8 Å². The third kappa shape index (κ3) is 2.61. The van der Waals surface area contributed by atoms with Crippen LogP contribution in [0.15, 0.2) is 29.2 Å². The predicted octanol–water partition coefficient (Wildman–Crippen LogP) is 4.31. The average molecular weight is 261 g/mol. The van der Waals surface area contributed by atoms with Gasteiger partial charge in [0.1, 0.15) is 0 Å². The molecule has 1 heterocycles. The lowest BCUT2D eigenvalue weighted by Gasteiger charge is -2.11. The maximum absolute atomic E-state index is 5.57. The lowest BCUT2D eigenvalue weighted by atomic mass is 10.1. The number of fused-ring (bicyclic) bond motifs is 1. The first-order valence-electron chi connectivity index (χ1n) is 6.48. The van der Waals surface area contributed by atoms with Gasteiger partial charge in [0.25, 0.3) is 0 Å². The van der Waals surface area contributed by atoms with Gasteiger partial charge in [0.15, 0.2) is 0 Å². The van der Waals surface area contributed by atoms with Crippen molar-refractivity contribution >= 4 is 22.7 Å². The molecule has 0 spiro atoms. The van der Waals surface area contributed by atoms with Crippen molar-refractivity contribution in [2.45, 2.75) is 32.1 Å². The van der Waals surface area contributed by atoms with Crippen LogP contribution in [0.1, 0.15) is 26.3 Å². The summed E-state index contributed by atoms with van der Waals surface area (Å²) in [6.45, 7) is 6.98. The molecule has 2 rings (SSSR count). The molecular formula is C15H19NOS. The molecule has 0 saturated carbocycles. The van der Waals surface area contributed by atoms with Crippen molar-refractivity contribution in [2.24, 2.45) is 0 Å². The topological polar surface area (TPSA) is 22.1 Å². The van der Waals surface area contributed by atoms with Gasteiger partial charge in [-0.3, -0.25) is 0 Å². The second-order valence-electron chi connectivity index (χ2n) is 3.99. The van der Waals surface area contributed by atoms with E-state index in [0.717, 1.165) is 23.6 Å². The molecule has 0 fully saturated rings. The minimum absolute atomic E-state index is 0.657. The highest BCUT2D eigenvalue weighted by atomic mass is 32.2. The SMILES string of the molecule is CCOc1cc(CC)c2cccc(SCC)c2n1. The van der Waals surface area contributed by atoms with Crippen molar-refractivity contribution < 1.29 is 4.74 Å². The van der Waals surface area contributed by atoms with E-state index in [2.05, 4.69) is 43.1 Å². The zero-order valence-electron chi connectivity index (χ0n) is 11.2. The highest BCUT2D eigenvalue weighted by Crippen LogP contribution is 2.30. The minimum atomic E-state index is 0.657. The fourth-order valence-electron chi connectivity index (χ4n) is 2.05. The molecule has 0 saturated heterocycles. The third-order valence-electron chi connectivity index (χ3n) is 2.84. The molecule has 0 amide bonds. The fraction of sp³-hybridized carbons (Fsp3) is 0.400. The molecule has 0 aliphatic rings. The first kappa shape index (κ1) is 13.2. The van der Waals surface area contributed by atoms with Crippen LogP contribution < -0.4 is 4.74 Å². The summed E-state index contributed by atoms with van der Waals surface area (Å²) in [6, 6.07) is 8.46. The lowest BCUT2D eigenvalue weighted by molar-refractivity contribution is 0.327. The molecule has 0 atom stereocenters. The smallest absolute Gasteiger partial charge is 0.214 e. The van der Waals surface area contributed by atoms with Gasteiger partial charge in [0.05, 0.1) is 12.1 Å². The van der Waals surface area contributed by atoms with Crippen LogP contribution in [-0.2, 0) is 6.42 Å². The molecule has 18 heavy (non-hydrogen) atoms. The molecule has 0 N–H and O–H groups in total. The zero-order chi connectivity index (χ0) is 13.0. The largest absolute Gasteiger partial charge is 0.478 e. The number of ether oxygens (including phenoxy) is 1. The number of thioether (sulfide) groups is 1. The quantitative estimate of drug-likeness (QED) is 0.749. The Labute approximate surface area is 113 Å². The van der Waals surface area contributed by atoms with Crippen molar-refractivity contribution in [3.63, 3.8) is 0 Å². The van der Waals surface area contributed by atoms with Crippen LogP contribution in [0, 0.1) is 0 Å². The third-order valence-corrected chi connectivity index (χ3v) is 3.77. The van der Waals surface area contributed by atoms with Gasteiger partial charge in [-0.1, -0.05) is 26.0 Å². The van der Waals surface area contributed by atoms with Gasteiger partial charge in [-0.05, 0) is 30.7 Å². The number of aryl methyl sites for hydroxylation is 1. The van der Waals surface area contributed by atoms with E-state index in [1.54, 1.807) is 0 Å². The molecule has 1 aromatic heterocycles. The molecule has 2 aromatic rings. The molecular weight excluding hydrogens is 242 g/mol. The highest BCUT2D eigenvalue weighted by molar-refractivity contribution is 7.99. The molecule has 0 radical (unpaired) electrons. The Kier molecular flexibility index (Phi) is 4.48. The summed E-state index contributed by atoms with van der Waals surface area (Å²) < 4.78 is 5.57. The van der Waals surface area contributed by atoms with E-state index in [1.165, 1.54) is 15.8 Å². The van der Waals surface area contributed by atoms with E-state index in [4.69, 9.17) is 4.74 Å². The highest BCUT2D eigenvalue weighted by Gasteiger charge is 2.09. The van der Waals surface area contributed by atoms with Gasteiger partial charge in [0.2, 0.25) is 5.88 Å². The van der Waals surface area contributed by atoms with E-state index < -0.39 is 0 Å². The monoisotopic (exact) mass is 261 g/mol. The number of hydrogen-bond donors (Lipinski definition) is 0. The number of aromatic nitrogens is 1. The first-order valence-corrected chi connectivity index (χ1v) is 7.46. The van der Waals surface area contributed by atoms with Crippen LogP contribution in [0.25, 0.3) is 10.9 Å². The Morgan fingerprint density at radius 2 is 2.06 bits per heavy atom. The Hall–Kier alpha value is -1.22. The second-order valence-corrected chi connectivity index (χ2v) is 5.30. The standard InChI is InChI=1S/C15H19NOS/c1-4-11-10-14(17-5-2)16-15-12(11)8-7-9-13(15)18-6-3/h7-10H,4-6H2,1-3H3. The van der Waals surface area contributed by atoms with Gasteiger partial charge < -0.3 is 4.74 Å². The fourth-order valence-corrected chi connectivity index (χ4v) is 2.83. The lowest BCUT2D eigenvalue weighted by Crippen LogP contribution is -1.97. The van der Waals surface area contributed by atoms with Gasteiger partial charge in [0, 0.05) is 16.3 Å².